The van der Waals surface area contributed by atoms with Crippen molar-refractivity contribution in [2.45, 2.75) is 6.54 Å². The minimum absolute atomic E-state index is 0.247. The van der Waals surface area contributed by atoms with E-state index in [0.717, 1.165) is 21.8 Å². The predicted octanol–water partition coefficient (Wildman–Crippen LogP) is 1.96. The maximum Gasteiger partial charge on any atom is 0.241 e. The molecule has 0 saturated heterocycles. The second-order valence-electron chi connectivity index (χ2n) is 6.32. The maximum absolute atomic E-state index is 12.6. The molecule has 1 N–H and O–H groups in total. The van der Waals surface area contributed by atoms with E-state index in [0.29, 0.717) is 11.4 Å². The molecule has 0 saturated carbocycles. The van der Waals surface area contributed by atoms with Crippen molar-refractivity contribution in [2.24, 2.45) is 0 Å². The minimum atomic E-state index is -3.69. The molecule has 9 heteroatoms. The summed E-state index contributed by atoms with van der Waals surface area (Å²) >= 11 is 0. The van der Waals surface area contributed by atoms with Gasteiger partial charge in [-0.1, -0.05) is 30.3 Å². The van der Waals surface area contributed by atoms with Gasteiger partial charge in [0.15, 0.2) is 0 Å². The van der Waals surface area contributed by atoms with Gasteiger partial charge in [-0.05, 0) is 23.8 Å². The highest BCUT2D eigenvalue weighted by Gasteiger charge is 2.23. The Hall–Kier alpha value is -3.33. The zero-order chi connectivity index (χ0) is 20.9. The molecule has 1 aromatic heterocycles. The summed E-state index contributed by atoms with van der Waals surface area (Å²) in [6.45, 7) is -0.108. The number of hydrogen-bond acceptors (Lipinski definition) is 5. The molecule has 0 fully saturated rings. The summed E-state index contributed by atoms with van der Waals surface area (Å²) < 4.78 is 32.7. The molecule has 29 heavy (non-hydrogen) atoms. The van der Waals surface area contributed by atoms with Gasteiger partial charge in [0.25, 0.3) is 0 Å². The Morgan fingerprint density at radius 1 is 1.17 bits per heavy atom. The molecule has 0 unspecified atom stereocenters. The summed E-state index contributed by atoms with van der Waals surface area (Å²) in [7, 11) is -2.24. The van der Waals surface area contributed by atoms with Gasteiger partial charge in [0, 0.05) is 18.9 Å². The van der Waals surface area contributed by atoms with Crippen LogP contribution < -0.4 is 14.4 Å². The van der Waals surface area contributed by atoms with Crippen LogP contribution in [-0.4, -0.2) is 43.8 Å². The van der Waals surface area contributed by atoms with E-state index in [4.69, 9.17) is 4.74 Å². The number of hydrogen-bond donors (Lipinski definition) is 1. The van der Waals surface area contributed by atoms with Gasteiger partial charge >= 0.3 is 0 Å². The van der Waals surface area contributed by atoms with Crippen LogP contribution in [0.25, 0.3) is 5.69 Å². The number of imidazole rings is 1. The molecule has 0 aliphatic carbocycles. The van der Waals surface area contributed by atoms with Crippen molar-refractivity contribution in [1.29, 1.82) is 0 Å². The maximum atomic E-state index is 12.6. The van der Waals surface area contributed by atoms with Crippen LogP contribution in [0.4, 0.5) is 5.69 Å². The van der Waals surface area contributed by atoms with Crippen LogP contribution in [0.2, 0.25) is 0 Å². The van der Waals surface area contributed by atoms with Crippen molar-refractivity contribution in [1.82, 2.24) is 14.9 Å². The number of nitrogens with one attached hydrogen (secondary N) is 1. The van der Waals surface area contributed by atoms with Gasteiger partial charge in [-0.3, -0.25) is 9.10 Å². The third-order valence-electron chi connectivity index (χ3n) is 4.29. The Balaban J connectivity index is 1.76. The summed E-state index contributed by atoms with van der Waals surface area (Å²) in [4.78, 5) is 16.6. The molecule has 0 aliphatic heterocycles. The van der Waals surface area contributed by atoms with Gasteiger partial charge in [0.1, 0.15) is 12.3 Å². The minimum Gasteiger partial charge on any atom is -0.495 e. The number of anilines is 1. The summed E-state index contributed by atoms with van der Waals surface area (Å²) in [5.74, 6) is -0.0575. The Kier molecular flexibility index (Phi) is 6.18. The first-order valence-electron chi connectivity index (χ1n) is 8.84. The topological polar surface area (TPSA) is 93.5 Å². The van der Waals surface area contributed by atoms with E-state index in [-0.39, 0.29) is 13.1 Å². The average molecular weight is 414 g/mol. The zero-order valence-corrected chi connectivity index (χ0v) is 17.0. The third kappa shape index (κ3) is 4.94. The lowest BCUT2D eigenvalue weighted by Gasteiger charge is -2.23. The molecule has 152 valence electrons. The molecule has 0 radical (unpaired) electrons. The number of ether oxygens (including phenoxy) is 1. The number of nitrogens with zero attached hydrogens (tertiary/aromatic N) is 3. The van der Waals surface area contributed by atoms with Gasteiger partial charge in [-0.25, -0.2) is 13.4 Å². The van der Waals surface area contributed by atoms with E-state index >= 15 is 0 Å². The second-order valence-corrected chi connectivity index (χ2v) is 8.22. The van der Waals surface area contributed by atoms with Gasteiger partial charge in [0.05, 0.1) is 31.1 Å². The first-order chi connectivity index (χ1) is 13.9. The van der Waals surface area contributed by atoms with E-state index in [1.807, 2.05) is 35.0 Å². The van der Waals surface area contributed by atoms with Crippen molar-refractivity contribution < 1.29 is 17.9 Å². The van der Waals surface area contributed by atoms with Gasteiger partial charge in [0.2, 0.25) is 15.9 Å². The largest absolute Gasteiger partial charge is 0.495 e. The number of methoxy groups -OCH3 is 1. The Bertz CT molecular complexity index is 1080. The molecule has 8 nitrogen and oxygen atoms in total. The molecule has 1 amide bonds. The van der Waals surface area contributed by atoms with Crippen LogP contribution in [0.5, 0.6) is 5.75 Å². The summed E-state index contributed by atoms with van der Waals surface area (Å²) in [6, 6.07) is 14.2. The molecule has 0 spiro atoms. The van der Waals surface area contributed by atoms with E-state index in [2.05, 4.69) is 10.3 Å². The smallest absolute Gasteiger partial charge is 0.241 e. The number of rotatable bonds is 8. The fraction of sp³-hybridized carbons (Fsp3) is 0.200. The Morgan fingerprint density at radius 3 is 2.59 bits per heavy atom. The lowest BCUT2D eigenvalue weighted by atomic mass is 10.1. The molecule has 2 aromatic carbocycles. The van der Waals surface area contributed by atoms with Crippen LogP contribution >= 0.6 is 0 Å². The number of para-hydroxylation sites is 3. The number of aromatic nitrogens is 2. The number of sulfonamides is 1. The average Bonchev–Trinajstić information content (AvgIpc) is 3.24. The quantitative estimate of drug-likeness (QED) is 0.608. The highest BCUT2D eigenvalue weighted by Crippen LogP contribution is 2.29. The highest BCUT2D eigenvalue weighted by molar-refractivity contribution is 7.92. The predicted molar refractivity (Wildman–Crippen MR) is 111 cm³/mol. The van der Waals surface area contributed by atoms with Gasteiger partial charge in [-0.2, -0.15) is 0 Å². The summed E-state index contributed by atoms with van der Waals surface area (Å²) in [6.07, 6.45) is 6.22. The van der Waals surface area contributed by atoms with Crippen LogP contribution in [0.15, 0.2) is 67.3 Å². The lowest BCUT2D eigenvalue weighted by Crippen LogP contribution is -2.40. The first kappa shape index (κ1) is 20.4. The molecular weight excluding hydrogens is 392 g/mol. The van der Waals surface area contributed by atoms with Crippen LogP contribution in [0.3, 0.4) is 0 Å². The third-order valence-corrected chi connectivity index (χ3v) is 5.42. The van der Waals surface area contributed by atoms with Crippen molar-refractivity contribution >= 4 is 21.6 Å². The van der Waals surface area contributed by atoms with Gasteiger partial charge < -0.3 is 14.6 Å². The zero-order valence-electron chi connectivity index (χ0n) is 16.1. The van der Waals surface area contributed by atoms with Crippen molar-refractivity contribution in [3.63, 3.8) is 0 Å². The van der Waals surface area contributed by atoms with Crippen LogP contribution in [-0.2, 0) is 21.4 Å². The van der Waals surface area contributed by atoms with Crippen molar-refractivity contribution in [3.8, 4) is 11.4 Å². The SMILES string of the molecule is COc1ccccc1N(CC(=O)NCc1ccccc1-n1ccnc1)S(C)(=O)=O. The van der Waals surface area contributed by atoms with E-state index < -0.39 is 15.9 Å². The summed E-state index contributed by atoms with van der Waals surface area (Å²) in [5.41, 5.74) is 2.07. The Labute approximate surface area is 169 Å². The molecule has 0 bridgehead atoms. The molecule has 1 heterocycles. The van der Waals surface area contributed by atoms with E-state index in [1.165, 1.54) is 7.11 Å². The first-order valence-corrected chi connectivity index (χ1v) is 10.7. The van der Waals surface area contributed by atoms with Gasteiger partial charge in [-0.15, -0.1) is 0 Å². The number of carbonyl (C=O) groups is 1. The van der Waals surface area contributed by atoms with E-state index in [1.54, 1.807) is 36.8 Å². The van der Waals surface area contributed by atoms with Crippen LogP contribution in [0.1, 0.15) is 5.56 Å². The highest BCUT2D eigenvalue weighted by atomic mass is 32.2. The molecule has 0 aliphatic rings. The fourth-order valence-corrected chi connectivity index (χ4v) is 3.77. The van der Waals surface area contributed by atoms with Crippen molar-refractivity contribution in [3.05, 3.63) is 72.8 Å². The van der Waals surface area contributed by atoms with Crippen molar-refractivity contribution in [2.75, 3.05) is 24.2 Å². The lowest BCUT2D eigenvalue weighted by molar-refractivity contribution is -0.119. The number of benzene rings is 2. The molecular formula is C20H22N4O4S. The molecule has 0 atom stereocenters. The molecule has 3 rings (SSSR count). The van der Waals surface area contributed by atoms with Crippen LogP contribution in [0, 0.1) is 0 Å². The fourth-order valence-electron chi connectivity index (χ4n) is 2.91. The number of carbonyl (C=O) groups excluding carboxylic acids is 1. The second kappa shape index (κ2) is 8.78. The Morgan fingerprint density at radius 2 is 1.90 bits per heavy atom. The molecule has 3 aromatic rings. The van der Waals surface area contributed by atoms with E-state index in [9.17, 15) is 13.2 Å². The monoisotopic (exact) mass is 414 g/mol. The normalized spacial score (nSPS) is 11.1. The number of amides is 1. The standard InChI is InChI=1S/C20H22N4O4S/c1-28-19-10-6-5-9-18(19)24(29(2,26)27)14-20(25)22-13-16-7-3-4-8-17(16)23-12-11-21-15-23/h3-12,15H,13-14H2,1-2H3,(H,22,25). The summed E-state index contributed by atoms with van der Waals surface area (Å²) in [5, 5.41) is 2.79.